The van der Waals surface area contributed by atoms with Crippen molar-refractivity contribution in [2.45, 2.75) is 46.0 Å². The molecule has 312 valence electrons. The molecule has 0 saturated carbocycles. The predicted molar refractivity (Wildman–Crippen MR) is 250 cm³/mol. The monoisotopic (exact) mass is 828 g/mol. The Morgan fingerprint density at radius 1 is 0.429 bits per heavy atom. The number of para-hydroxylation sites is 2. The van der Waals surface area contributed by atoms with Crippen LogP contribution in [0.5, 0.6) is 46.5 Å². The molecule has 63 heavy (non-hydrogen) atoms. The zero-order valence-electron chi connectivity index (χ0n) is 35.9. The number of aryl methyl sites for hydroxylation is 2. The molecule has 0 N–H and O–H groups in total. The second kappa shape index (κ2) is 18.8. The molecule has 0 saturated heterocycles. The van der Waals surface area contributed by atoms with E-state index in [2.05, 4.69) is 51.3 Å². The Kier molecular flexibility index (Phi) is 12.5. The van der Waals surface area contributed by atoms with Gasteiger partial charge in [-0.15, -0.1) is 13.2 Å². The highest BCUT2D eigenvalue weighted by Crippen LogP contribution is 2.39. The van der Waals surface area contributed by atoms with Gasteiger partial charge in [0, 0.05) is 16.5 Å². The Morgan fingerprint density at radius 2 is 0.778 bits per heavy atom. The predicted octanol–water partition coefficient (Wildman–Crippen LogP) is 14.2. The van der Waals surface area contributed by atoms with E-state index in [0.717, 1.165) is 44.5 Å². The summed E-state index contributed by atoms with van der Waals surface area (Å²) in [6.45, 7) is 16.3. The maximum absolute atomic E-state index is 6.50. The molecule has 0 atom stereocenters. The Bertz CT molecular complexity index is 2700. The Balaban J connectivity index is 1.04. The van der Waals surface area contributed by atoms with E-state index < -0.39 is 0 Å². The second-order valence-electron chi connectivity index (χ2n) is 15.7. The summed E-state index contributed by atoms with van der Waals surface area (Å²) in [5.74, 6) is 5.25. The van der Waals surface area contributed by atoms with Crippen LogP contribution < -0.4 is 18.9 Å². The third kappa shape index (κ3) is 9.87. The molecular formula is C55H48N4O4. The van der Waals surface area contributed by atoms with E-state index in [9.17, 15) is 0 Å². The summed E-state index contributed by atoms with van der Waals surface area (Å²) in [4.78, 5) is 19.1. The van der Waals surface area contributed by atoms with Crippen LogP contribution in [0.1, 0.15) is 47.2 Å². The van der Waals surface area contributed by atoms with Crippen LogP contribution in [0, 0.1) is 13.8 Å². The van der Waals surface area contributed by atoms with E-state index in [1.165, 1.54) is 0 Å². The summed E-state index contributed by atoms with van der Waals surface area (Å²) in [6.07, 6.45) is 5.04. The molecule has 8 heteroatoms. The molecule has 0 spiro atoms. The molecule has 0 aliphatic heterocycles. The van der Waals surface area contributed by atoms with Crippen LogP contribution in [-0.4, -0.2) is 19.9 Å². The first-order valence-electron chi connectivity index (χ1n) is 20.9. The summed E-state index contributed by atoms with van der Waals surface area (Å²) in [5.41, 5.74) is 7.50. The van der Waals surface area contributed by atoms with Crippen LogP contribution in [0.4, 0.5) is 0 Å². The van der Waals surface area contributed by atoms with Crippen LogP contribution in [0.3, 0.4) is 0 Å². The molecule has 0 aliphatic rings. The number of hydrogen-bond donors (Lipinski definition) is 0. The van der Waals surface area contributed by atoms with Gasteiger partial charge in [0.1, 0.15) is 23.0 Å². The summed E-state index contributed by atoms with van der Waals surface area (Å²) in [5, 5.41) is 0. The molecule has 8 nitrogen and oxygen atoms in total. The molecule has 8 rings (SSSR count). The molecule has 2 aromatic heterocycles. The molecule has 2 heterocycles. The Hall–Kier alpha value is -7.84. The molecule has 8 aromatic rings. The Morgan fingerprint density at radius 3 is 1.14 bits per heavy atom. The van der Waals surface area contributed by atoms with E-state index in [4.69, 9.17) is 38.9 Å². The van der Waals surface area contributed by atoms with Crippen LogP contribution >= 0.6 is 0 Å². The molecule has 0 fully saturated rings. The van der Waals surface area contributed by atoms with Crippen molar-refractivity contribution in [3.8, 4) is 69.3 Å². The second-order valence-corrected chi connectivity index (χ2v) is 15.7. The number of rotatable bonds is 16. The minimum Gasteiger partial charge on any atom is -0.438 e. The van der Waals surface area contributed by atoms with Gasteiger partial charge in [-0.1, -0.05) is 147 Å². The lowest BCUT2D eigenvalue weighted by Crippen LogP contribution is -2.19. The highest BCUT2D eigenvalue weighted by atomic mass is 16.5. The van der Waals surface area contributed by atoms with Crippen molar-refractivity contribution in [1.29, 1.82) is 0 Å². The number of nitrogens with zero attached hydrogens (tertiary/aromatic N) is 4. The van der Waals surface area contributed by atoms with Crippen molar-refractivity contribution in [1.82, 2.24) is 19.9 Å². The smallest absolute Gasteiger partial charge is 0.226 e. The third-order valence-corrected chi connectivity index (χ3v) is 10.7. The average Bonchev–Trinajstić information content (AvgIpc) is 3.29. The summed E-state index contributed by atoms with van der Waals surface area (Å²) >= 11 is 0. The van der Waals surface area contributed by atoms with Crippen molar-refractivity contribution in [3.05, 3.63) is 216 Å². The van der Waals surface area contributed by atoms with Crippen molar-refractivity contribution in [2.75, 3.05) is 0 Å². The third-order valence-electron chi connectivity index (χ3n) is 10.7. The van der Waals surface area contributed by atoms with E-state index in [-0.39, 0.29) is 5.41 Å². The first-order chi connectivity index (χ1) is 30.7. The van der Waals surface area contributed by atoms with Crippen molar-refractivity contribution >= 4 is 0 Å². The zero-order chi connectivity index (χ0) is 43.8. The van der Waals surface area contributed by atoms with Crippen molar-refractivity contribution < 1.29 is 18.9 Å². The van der Waals surface area contributed by atoms with Gasteiger partial charge in [0.25, 0.3) is 0 Å². The normalized spacial score (nSPS) is 11.1. The van der Waals surface area contributed by atoms with Crippen molar-refractivity contribution in [3.63, 3.8) is 0 Å². The van der Waals surface area contributed by atoms with Crippen LogP contribution in [-0.2, 0) is 18.3 Å². The number of benzene rings is 6. The number of ether oxygens (including phenoxy) is 4. The topological polar surface area (TPSA) is 88.5 Å². The van der Waals surface area contributed by atoms with Crippen molar-refractivity contribution in [2.24, 2.45) is 0 Å². The molecule has 0 unspecified atom stereocenters. The van der Waals surface area contributed by atoms with Gasteiger partial charge in [0.15, 0.2) is 11.6 Å². The lowest BCUT2D eigenvalue weighted by atomic mass is 9.77. The fourth-order valence-corrected chi connectivity index (χ4v) is 7.23. The quantitative estimate of drug-likeness (QED) is 0.0890. The summed E-state index contributed by atoms with van der Waals surface area (Å²) < 4.78 is 25.7. The van der Waals surface area contributed by atoms with E-state index in [1.54, 1.807) is 12.1 Å². The van der Waals surface area contributed by atoms with E-state index >= 15 is 0 Å². The lowest BCUT2D eigenvalue weighted by Gasteiger charge is -2.28. The number of hydrogen-bond acceptors (Lipinski definition) is 8. The number of aromatic nitrogens is 4. The highest BCUT2D eigenvalue weighted by Gasteiger charge is 2.25. The van der Waals surface area contributed by atoms with Gasteiger partial charge < -0.3 is 18.9 Å². The molecule has 0 aliphatic carbocycles. The summed E-state index contributed by atoms with van der Waals surface area (Å²) in [6, 6.07) is 51.3. The lowest BCUT2D eigenvalue weighted by molar-refractivity contribution is 0.430. The van der Waals surface area contributed by atoms with E-state index in [1.807, 2.05) is 147 Å². The first-order valence-corrected chi connectivity index (χ1v) is 20.9. The van der Waals surface area contributed by atoms with Gasteiger partial charge in [-0.25, -0.2) is 0 Å². The maximum Gasteiger partial charge on any atom is 0.226 e. The van der Waals surface area contributed by atoms with Crippen LogP contribution in [0.15, 0.2) is 183 Å². The largest absolute Gasteiger partial charge is 0.438 e. The SMILES string of the molecule is C=CCc1ccccc1Oc1cc(Oc2ccc(C(C)(C)c3ccc(Oc4cc(Oc5ccccc5CC=C)nc(-c5ccccc5)n4)c(C)c3)cc2C)nc(-c2ccccc2)n1. The zero-order valence-corrected chi connectivity index (χ0v) is 35.9. The summed E-state index contributed by atoms with van der Waals surface area (Å²) in [7, 11) is 0. The number of allylic oxidation sites excluding steroid dienone is 2. The molecule has 0 amide bonds. The van der Waals surface area contributed by atoms with E-state index in [0.29, 0.717) is 71.0 Å². The molecule has 0 bridgehead atoms. The molecular weight excluding hydrogens is 781 g/mol. The highest BCUT2D eigenvalue weighted by molar-refractivity contribution is 5.58. The molecule has 0 radical (unpaired) electrons. The van der Waals surface area contributed by atoms with Gasteiger partial charge in [-0.3, -0.25) is 0 Å². The van der Waals surface area contributed by atoms with Gasteiger partial charge in [-0.2, -0.15) is 19.9 Å². The van der Waals surface area contributed by atoms with Gasteiger partial charge in [0.2, 0.25) is 23.5 Å². The Labute approximate surface area is 369 Å². The maximum atomic E-state index is 6.50. The standard InChI is InChI=1S/C55H48N4O4/c1-7-19-39-21-15-17-27-47(39)62-51-35-49(56-53(58-51)41-23-11-9-12-24-41)60-45-31-29-43(33-37(45)3)55(5,6)44-30-32-46(38(4)34-44)61-50-36-52(59-54(57-50)42-25-13-10-14-26-42)63-48-28-18-16-22-40(48)20-8-2/h7-18,21-36H,1-2,19-20H2,3-6H3. The first kappa shape index (κ1) is 41.9. The van der Waals surface area contributed by atoms with Gasteiger partial charge in [-0.05, 0) is 84.3 Å². The average molecular weight is 829 g/mol. The van der Waals surface area contributed by atoms with Gasteiger partial charge >= 0.3 is 0 Å². The molecule has 6 aromatic carbocycles. The minimum absolute atomic E-state index is 0.364. The van der Waals surface area contributed by atoms with Crippen LogP contribution in [0.2, 0.25) is 0 Å². The minimum atomic E-state index is -0.364. The van der Waals surface area contributed by atoms with Gasteiger partial charge in [0.05, 0.1) is 12.1 Å². The fraction of sp³-hybridized carbons (Fsp3) is 0.127. The fourth-order valence-electron chi connectivity index (χ4n) is 7.23. The van der Waals surface area contributed by atoms with Crippen LogP contribution in [0.25, 0.3) is 22.8 Å².